The molecule has 1 aromatic carbocycles. The second kappa shape index (κ2) is 6.17. The Morgan fingerprint density at radius 1 is 1.19 bits per heavy atom. The average molecular weight is 327 g/mol. The number of para-hydroxylation sites is 1. The Morgan fingerprint density at radius 3 is 2.52 bits per heavy atom. The molecule has 21 heavy (non-hydrogen) atoms. The van der Waals surface area contributed by atoms with Crippen molar-refractivity contribution in [3.8, 4) is 0 Å². The van der Waals surface area contributed by atoms with E-state index in [1.807, 2.05) is 0 Å². The largest absolute Gasteiger partial charge is 0.319 e. The third-order valence-electron chi connectivity index (χ3n) is 2.55. The molecule has 1 aromatic heterocycles. The van der Waals surface area contributed by atoms with Crippen LogP contribution in [0.5, 0.6) is 0 Å². The van der Waals surface area contributed by atoms with Gasteiger partial charge in [-0.25, -0.2) is 23.1 Å². The van der Waals surface area contributed by atoms with Gasteiger partial charge in [0.15, 0.2) is 0 Å². The summed E-state index contributed by atoms with van der Waals surface area (Å²) >= 11 is 5.59. The van der Waals surface area contributed by atoms with Gasteiger partial charge in [0, 0.05) is 0 Å². The SMILES string of the molecule is CNS(=O)(=O)c1ccccc1NC(=O)c1cnc(Cl)cn1. The first-order valence-corrected chi connectivity index (χ1v) is 7.61. The third kappa shape index (κ3) is 3.54. The van der Waals surface area contributed by atoms with Crippen molar-refractivity contribution in [2.75, 3.05) is 12.4 Å². The van der Waals surface area contributed by atoms with Gasteiger partial charge in [-0.05, 0) is 19.2 Å². The summed E-state index contributed by atoms with van der Waals surface area (Å²) in [5, 5.41) is 2.64. The summed E-state index contributed by atoms with van der Waals surface area (Å²) in [5.74, 6) is -0.585. The monoisotopic (exact) mass is 326 g/mol. The van der Waals surface area contributed by atoms with E-state index in [0.29, 0.717) is 0 Å². The van der Waals surface area contributed by atoms with Crippen molar-refractivity contribution in [3.05, 3.63) is 47.5 Å². The predicted molar refractivity (Wildman–Crippen MR) is 77.7 cm³/mol. The molecular formula is C12H11ClN4O3S. The van der Waals surface area contributed by atoms with Crippen molar-refractivity contribution in [1.82, 2.24) is 14.7 Å². The van der Waals surface area contributed by atoms with Crippen molar-refractivity contribution >= 4 is 33.2 Å². The molecule has 9 heteroatoms. The Balaban J connectivity index is 2.32. The Bertz CT molecular complexity index is 762. The zero-order chi connectivity index (χ0) is 15.5. The maximum absolute atomic E-state index is 12.0. The van der Waals surface area contributed by atoms with E-state index in [-0.39, 0.29) is 21.4 Å². The number of nitrogens with one attached hydrogen (secondary N) is 2. The lowest BCUT2D eigenvalue weighted by Gasteiger charge is -2.10. The molecule has 0 aliphatic heterocycles. The number of sulfonamides is 1. The Kier molecular flexibility index (Phi) is 4.51. The molecule has 0 atom stereocenters. The van der Waals surface area contributed by atoms with E-state index in [9.17, 15) is 13.2 Å². The normalized spacial score (nSPS) is 11.1. The lowest BCUT2D eigenvalue weighted by Crippen LogP contribution is -2.22. The third-order valence-corrected chi connectivity index (χ3v) is 4.21. The van der Waals surface area contributed by atoms with Crippen LogP contribution in [0.1, 0.15) is 10.5 Å². The van der Waals surface area contributed by atoms with Gasteiger partial charge in [0.05, 0.1) is 18.1 Å². The van der Waals surface area contributed by atoms with Crippen LogP contribution in [0.15, 0.2) is 41.6 Å². The van der Waals surface area contributed by atoms with Gasteiger partial charge in [-0.15, -0.1) is 0 Å². The standard InChI is InChI=1S/C12H11ClN4O3S/c1-14-21(19,20)10-5-3-2-4-8(10)17-12(18)9-6-16-11(13)7-15-9/h2-7,14H,1H3,(H,17,18). The first-order valence-electron chi connectivity index (χ1n) is 5.75. The van der Waals surface area contributed by atoms with Gasteiger partial charge < -0.3 is 5.32 Å². The molecule has 0 bridgehead atoms. The van der Waals surface area contributed by atoms with E-state index in [1.54, 1.807) is 12.1 Å². The van der Waals surface area contributed by atoms with Crippen LogP contribution in [-0.4, -0.2) is 31.3 Å². The van der Waals surface area contributed by atoms with E-state index in [2.05, 4.69) is 20.0 Å². The highest BCUT2D eigenvalue weighted by atomic mass is 35.5. The van der Waals surface area contributed by atoms with Gasteiger partial charge in [-0.2, -0.15) is 0 Å². The smallest absolute Gasteiger partial charge is 0.275 e. The lowest BCUT2D eigenvalue weighted by atomic mass is 10.3. The van der Waals surface area contributed by atoms with Crippen LogP contribution in [0.4, 0.5) is 5.69 Å². The molecule has 0 unspecified atom stereocenters. The molecule has 1 amide bonds. The highest BCUT2D eigenvalue weighted by Crippen LogP contribution is 2.20. The van der Waals surface area contributed by atoms with E-state index in [0.717, 1.165) is 0 Å². The van der Waals surface area contributed by atoms with E-state index < -0.39 is 15.9 Å². The Labute approximate surface area is 126 Å². The molecule has 0 saturated carbocycles. The van der Waals surface area contributed by atoms with Crippen molar-refractivity contribution in [1.29, 1.82) is 0 Å². The number of hydrogen-bond donors (Lipinski definition) is 2. The van der Waals surface area contributed by atoms with E-state index >= 15 is 0 Å². The quantitative estimate of drug-likeness (QED) is 0.881. The minimum Gasteiger partial charge on any atom is -0.319 e. The van der Waals surface area contributed by atoms with Crippen LogP contribution < -0.4 is 10.0 Å². The van der Waals surface area contributed by atoms with Crippen molar-refractivity contribution < 1.29 is 13.2 Å². The van der Waals surface area contributed by atoms with Crippen LogP contribution in [-0.2, 0) is 10.0 Å². The molecule has 2 aromatic rings. The molecule has 110 valence electrons. The number of amides is 1. The number of nitrogens with zero attached hydrogens (tertiary/aromatic N) is 2. The molecule has 0 aliphatic carbocycles. The Morgan fingerprint density at radius 2 is 1.90 bits per heavy atom. The first kappa shape index (κ1) is 15.4. The van der Waals surface area contributed by atoms with Gasteiger partial charge in [0.25, 0.3) is 5.91 Å². The number of anilines is 1. The van der Waals surface area contributed by atoms with Gasteiger partial charge in [0.2, 0.25) is 10.0 Å². The summed E-state index contributed by atoms with van der Waals surface area (Å²) in [5.41, 5.74) is 0.171. The molecule has 0 radical (unpaired) electrons. The Hall–Kier alpha value is -2.03. The maximum Gasteiger partial charge on any atom is 0.275 e. The fourth-order valence-electron chi connectivity index (χ4n) is 1.53. The average Bonchev–Trinajstić information content (AvgIpc) is 2.48. The number of halogens is 1. The molecule has 0 saturated heterocycles. The minimum absolute atomic E-state index is 0.0241. The van der Waals surface area contributed by atoms with E-state index in [4.69, 9.17) is 11.6 Å². The summed E-state index contributed by atoms with van der Waals surface area (Å²) in [7, 11) is -2.39. The van der Waals surface area contributed by atoms with Crippen LogP contribution >= 0.6 is 11.6 Å². The molecule has 2 rings (SSSR count). The number of aromatic nitrogens is 2. The van der Waals surface area contributed by atoms with Gasteiger partial charge in [0.1, 0.15) is 15.7 Å². The number of benzene rings is 1. The van der Waals surface area contributed by atoms with Gasteiger partial charge >= 0.3 is 0 Å². The van der Waals surface area contributed by atoms with Crippen LogP contribution in [0.3, 0.4) is 0 Å². The molecule has 0 spiro atoms. The van der Waals surface area contributed by atoms with Crippen molar-refractivity contribution in [3.63, 3.8) is 0 Å². The molecule has 1 heterocycles. The van der Waals surface area contributed by atoms with Crippen LogP contribution in [0.2, 0.25) is 5.15 Å². The van der Waals surface area contributed by atoms with Crippen molar-refractivity contribution in [2.45, 2.75) is 4.90 Å². The van der Waals surface area contributed by atoms with Gasteiger partial charge in [-0.1, -0.05) is 23.7 Å². The molecule has 0 fully saturated rings. The lowest BCUT2D eigenvalue weighted by molar-refractivity contribution is 0.102. The highest BCUT2D eigenvalue weighted by molar-refractivity contribution is 7.89. The maximum atomic E-state index is 12.0. The number of rotatable bonds is 4. The molecule has 0 aliphatic rings. The second-order valence-electron chi connectivity index (χ2n) is 3.88. The van der Waals surface area contributed by atoms with Gasteiger partial charge in [-0.3, -0.25) is 4.79 Å². The number of hydrogen-bond acceptors (Lipinski definition) is 5. The second-order valence-corrected chi connectivity index (χ2v) is 6.12. The molecule has 7 nitrogen and oxygen atoms in total. The number of carbonyl (C=O) groups is 1. The highest BCUT2D eigenvalue weighted by Gasteiger charge is 2.18. The van der Waals surface area contributed by atoms with Crippen molar-refractivity contribution in [2.24, 2.45) is 0 Å². The van der Waals surface area contributed by atoms with Crippen LogP contribution in [0, 0.1) is 0 Å². The number of carbonyl (C=O) groups excluding carboxylic acids is 1. The summed E-state index contributed by atoms with van der Waals surface area (Å²) < 4.78 is 25.9. The minimum atomic E-state index is -3.69. The fraction of sp³-hybridized carbons (Fsp3) is 0.0833. The molecule has 2 N–H and O–H groups in total. The summed E-state index contributed by atoms with van der Waals surface area (Å²) in [6.45, 7) is 0. The zero-order valence-corrected chi connectivity index (χ0v) is 12.4. The van der Waals surface area contributed by atoms with Crippen LogP contribution in [0.25, 0.3) is 0 Å². The predicted octanol–water partition coefficient (Wildman–Crippen LogP) is 1.29. The zero-order valence-electron chi connectivity index (χ0n) is 10.9. The summed E-state index contributed by atoms with van der Waals surface area (Å²) in [4.78, 5) is 19.5. The topological polar surface area (TPSA) is 101 Å². The van der Waals surface area contributed by atoms with E-state index in [1.165, 1.54) is 31.6 Å². The first-order chi connectivity index (χ1) is 9.94. The summed E-state index contributed by atoms with van der Waals surface area (Å²) in [6.07, 6.45) is 2.43. The molecular weight excluding hydrogens is 316 g/mol. The summed E-state index contributed by atoms with van der Waals surface area (Å²) in [6, 6.07) is 6.03. The fourth-order valence-corrected chi connectivity index (χ4v) is 2.51.